The molecule has 1 aromatic rings. The highest BCUT2D eigenvalue weighted by atomic mass is 16.6. The summed E-state index contributed by atoms with van der Waals surface area (Å²) in [6.45, 7) is 2.49. The van der Waals surface area contributed by atoms with Gasteiger partial charge in [0.25, 0.3) is 0 Å². The zero-order valence-electron chi connectivity index (χ0n) is 10.8. The SMILES string of the molecule is CCCOC(=O)N1Cc2ccccc2CC1C(=O)O. The summed E-state index contributed by atoms with van der Waals surface area (Å²) in [5.74, 6) is -0.997. The summed E-state index contributed by atoms with van der Waals surface area (Å²) in [4.78, 5) is 24.5. The van der Waals surface area contributed by atoms with E-state index >= 15 is 0 Å². The monoisotopic (exact) mass is 263 g/mol. The van der Waals surface area contributed by atoms with Crippen molar-refractivity contribution in [1.29, 1.82) is 0 Å². The molecular formula is C14H17NO4. The fourth-order valence-corrected chi connectivity index (χ4v) is 2.21. The molecule has 2 rings (SSSR count). The number of benzene rings is 1. The van der Waals surface area contributed by atoms with Crippen LogP contribution in [0.2, 0.25) is 0 Å². The lowest BCUT2D eigenvalue weighted by Gasteiger charge is -2.33. The van der Waals surface area contributed by atoms with Crippen LogP contribution < -0.4 is 0 Å². The van der Waals surface area contributed by atoms with E-state index in [1.165, 1.54) is 4.90 Å². The molecule has 1 aliphatic heterocycles. The third-order valence-corrected chi connectivity index (χ3v) is 3.20. The standard InChI is InChI=1S/C14H17NO4/c1-2-7-19-14(18)15-9-11-6-4-3-5-10(11)8-12(15)13(16)17/h3-6,12H,2,7-9H2,1H3,(H,16,17). The van der Waals surface area contributed by atoms with Crippen LogP contribution in [0.5, 0.6) is 0 Å². The van der Waals surface area contributed by atoms with Crippen LogP contribution in [0, 0.1) is 0 Å². The average Bonchev–Trinajstić information content (AvgIpc) is 2.43. The van der Waals surface area contributed by atoms with E-state index in [0.717, 1.165) is 11.1 Å². The van der Waals surface area contributed by atoms with Gasteiger partial charge < -0.3 is 9.84 Å². The number of carbonyl (C=O) groups is 2. The zero-order valence-corrected chi connectivity index (χ0v) is 10.8. The van der Waals surface area contributed by atoms with Crippen molar-refractivity contribution in [3.63, 3.8) is 0 Å². The van der Waals surface area contributed by atoms with Gasteiger partial charge in [-0.1, -0.05) is 31.2 Å². The number of hydrogen-bond acceptors (Lipinski definition) is 3. The molecule has 1 heterocycles. The lowest BCUT2D eigenvalue weighted by atomic mass is 9.94. The number of ether oxygens (including phenoxy) is 1. The zero-order chi connectivity index (χ0) is 13.8. The number of carbonyl (C=O) groups excluding carboxylic acids is 1. The van der Waals surface area contributed by atoms with Crippen molar-refractivity contribution in [3.8, 4) is 0 Å². The van der Waals surface area contributed by atoms with Crippen molar-refractivity contribution in [1.82, 2.24) is 4.90 Å². The Kier molecular flexibility index (Phi) is 4.04. The van der Waals surface area contributed by atoms with Crippen LogP contribution in [0.4, 0.5) is 4.79 Å². The predicted octanol–water partition coefficient (Wildman–Crippen LogP) is 2.04. The number of aliphatic carboxylic acids is 1. The van der Waals surface area contributed by atoms with Gasteiger partial charge in [-0.25, -0.2) is 9.59 Å². The minimum Gasteiger partial charge on any atom is -0.480 e. The number of nitrogens with zero attached hydrogens (tertiary/aromatic N) is 1. The molecule has 0 bridgehead atoms. The van der Waals surface area contributed by atoms with Crippen LogP contribution in [-0.4, -0.2) is 34.7 Å². The van der Waals surface area contributed by atoms with E-state index in [2.05, 4.69) is 0 Å². The molecule has 0 aromatic heterocycles. The Balaban J connectivity index is 2.21. The molecule has 5 heteroatoms. The van der Waals surface area contributed by atoms with Crippen LogP contribution in [0.25, 0.3) is 0 Å². The molecule has 5 nitrogen and oxygen atoms in total. The summed E-state index contributed by atoms with van der Waals surface area (Å²) >= 11 is 0. The van der Waals surface area contributed by atoms with E-state index in [9.17, 15) is 14.7 Å². The molecule has 1 N–H and O–H groups in total. The maximum absolute atomic E-state index is 11.9. The summed E-state index contributed by atoms with van der Waals surface area (Å²) < 4.78 is 5.05. The largest absolute Gasteiger partial charge is 0.480 e. The molecule has 0 fully saturated rings. The normalized spacial score (nSPS) is 17.7. The number of fused-ring (bicyclic) bond motifs is 1. The highest BCUT2D eigenvalue weighted by molar-refractivity contribution is 5.81. The first kappa shape index (κ1) is 13.4. The molecular weight excluding hydrogens is 246 g/mol. The van der Waals surface area contributed by atoms with Crippen molar-refractivity contribution in [3.05, 3.63) is 35.4 Å². The maximum Gasteiger partial charge on any atom is 0.410 e. The molecule has 1 unspecified atom stereocenters. The van der Waals surface area contributed by atoms with Gasteiger partial charge in [0.2, 0.25) is 0 Å². The molecule has 102 valence electrons. The van der Waals surface area contributed by atoms with Gasteiger partial charge in [-0.2, -0.15) is 0 Å². The fourth-order valence-electron chi connectivity index (χ4n) is 2.21. The van der Waals surface area contributed by atoms with Gasteiger partial charge >= 0.3 is 12.1 Å². The van der Waals surface area contributed by atoms with Crippen LogP contribution in [0.3, 0.4) is 0 Å². The lowest BCUT2D eigenvalue weighted by molar-refractivity contribution is -0.143. The van der Waals surface area contributed by atoms with E-state index in [1.807, 2.05) is 31.2 Å². The minimum atomic E-state index is -0.997. The van der Waals surface area contributed by atoms with Crippen LogP contribution in [-0.2, 0) is 22.5 Å². The second-order valence-electron chi connectivity index (χ2n) is 4.57. The van der Waals surface area contributed by atoms with E-state index in [1.54, 1.807) is 0 Å². The highest BCUT2D eigenvalue weighted by Crippen LogP contribution is 2.24. The third-order valence-electron chi connectivity index (χ3n) is 3.20. The molecule has 0 saturated heterocycles. The lowest BCUT2D eigenvalue weighted by Crippen LogP contribution is -2.48. The quantitative estimate of drug-likeness (QED) is 0.906. The van der Waals surface area contributed by atoms with Crippen LogP contribution >= 0.6 is 0 Å². The summed E-state index contributed by atoms with van der Waals surface area (Å²) in [6.07, 6.45) is 0.490. The number of rotatable bonds is 3. The molecule has 1 aromatic carbocycles. The van der Waals surface area contributed by atoms with Crippen molar-refractivity contribution >= 4 is 12.1 Å². The summed E-state index contributed by atoms with van der Waals surface area (Å²) in [7, 11) is 0. The Hall–Kier alpha value is -2.04. The predicted molar refractivity (Wildman–Crippen MR) is 68.8 cm³/mol. The fraction of sp³-hybridized carbons (Fsp3) is 0.429. The van der Waals surface area contributed by atoms with E-state index < -0.39 is 18.1 Å². The second kappa shape index (κ2) is 5.73. The topological polar surface area (TPSA) is 66.8 Å². The van der Waals surface area contributed by atoms with Crippen LogP contribution in [0.15, 0.2) is 24.3 Å². The first-order chi connectivity index (χ1) is 9.13. The number of carboxylic acids is 1. The summed E-state index contributed by atoms with van der Waals surface area (Å²) in [5.41, 5.74) is 1.96. The summed E-state index contributed by atoms with van der Waals surface area (Å²) in [5, 5.41) is 9.26. The van der Waals surface area contributed by atoms with Gasteiger partial charge in [-0.15, -0.1) is 0 Å². The van der Waals surface area contributed by atoms with E-state index in [4.69, 9.17) is 4.74 Å². The summed E-state index contributed by atoms with van der Waals surface area (Å²) in [6, 6.07) is 6.73. The number of amides is 1. The number of carboxylic acid groups (broad SMARTS) is 1. The molecule has 19 heavy (non-hydrogen) atoms. The Labute approximate surface area is 111 Å². The number of hydrogen-bond donors (Lipinski definition) is 1. The molecule has 0 spiro atoms. The first-order valence-corrected chi connectivity index (χ1v) is 6.36. The molecule has 0 radical (unpaired) electrons. The molecule has 0 aliphatic carbocycles. The molecule has 1 atom stereocenters. The molecule has 1 aliphatic rings. The van der Waals surface area contributed by atoms with Crippen molar-refractivity contribution < 1.29 is 19.4 Å². The third kappa shape index (κ3) is 2.86. The highest BCUT2D eigenvalue weighted by Gasteiger charge is 2.35. The minimum absolute atomic E-state index is 0.287. The van der Waals surface area contributed by atoms with E-state index in [-0.39, 0.29) is 6.54 Å². The van der Waals surface area contributed by atoms with Gasteiger partial charge in [-0.3, -0.25) is 4.90 Å². The van der Waals surface area contributed by atoms with Gasteiger partial charge in [0, 0.05) is 6.42 Å². The van der Waals surface area contributed by atoms with Gasteiger partial charge in [0.15, 0.2) is 0 Å². The van der Waals surface area contributed by atoms with Crippen molar-refractivity contribution in [2.75, 3.05) is 6.61 Å². The Bertz CT molecular complexity index is 486. The van der Waals surface area contributed by atoms with E-state index in [0.29, 0.717) is 19.4 Å². The van der Waals surface area contributed by atoms with Gasteiger partial charge in [0.05, 0.1) is 13.2 Å². The van der Waals surface area contributed by atoms with Crippen LogP contribution in [0.1, 0.15) is 24.5 Å². The Morgan fingerprint density at radius 2 is 2.05 bits per heavy atom. The molecule has 1 amide bonds. The second-order valence-corrected chi connectivity index (χ2v) is 4.57. The Morgan fingerprint density at radius 3 is 2.68 bits per heavy atom. The first-order valence-electron chi connectivity index (χ1n) is 6.36. The maximum atomic E-state index is 11.9. The van der Waals surface area contributed by atoms with Crippen molar-refractivity contribution in [2.24, 2.45) is 0 Å². The molecule has 0 saturated carbocycles. The van der Waals surface area contributed by atoms with Crippen molar-refractivity contribution in [2.45, 2.75) is 32.4 Å². The van der Waals surface area contributed by atoms with Gasteiger partial charge in [-0.05, 0) is 17.5 Å². The Morgan fingerprint density at radius 1 is 1.37 bits per heavy atom. The average molecular weight is 263 g/mol. The van der Waals surface area contributed by atoms with Gasteiger partial charge in [0.1, 0.15) is 6.04 Å². The smallest absolute Gasteiger partial charge is 0.410 e.